The lowest BCUT2D eigenvalue weighted by Gasteiger charge is -2.17. The molecule has 0 radical (unpaired) electrons. The molecule has 0 atom stereocenters. The number of sulfone groups is 1. The monoisotopic (exact) mass is 505 g/mol. The van der Waals surface area contributed by atoms with Gasteiger partial charge in [0.05, 0.1) is 13.9 Å². The fourth-order valence-electron chi connectivity index (χ4n) is 2.73. The van der Waals surface area contributed by atoms with Gasteiger partial charge in [0, 0.05) is 39.3 Å². The van der Waals surface area contributed by atoms with Gasteiger partial charge in [0.15, 0.2) is 0 Å². The van der Waals surface area contributed by atoms with Crippen molar-refractivity contribution in [3.8, 4) is 0 Å². The number of amides is 1. The van der Waals surface area contributed by atoms with Crippen LogP contribution >= 0.6 is 21.0 Å². The Labute approximate surface area is 173 Å². The normalized spacial score (nSPS) is 15.4. The van der Waals surface area contributed by atoms with Gasteiger partial charge in [-0.3, -0.25) is 4.79 Å². The largest absolute Gasteiger partial charge is 0.348 e. The highest BCUT2D eigenvalue weighted by molar-refractivity contribution is 14.2. The minimum Gasteiger partial charge on any atom is -0.348 e. The second kappa shape index (κ2) is 7.80. The molecule has 2 heterocycles. The van der Waals surface area contributed by atoms with Crippen molar-refractivity contribution in [2.75, 3.05) is 6.54 Å². The number of benzene rings is 2. The van der Waals surface area contributed by atoms with Crippen LogP contribution in [-0.4, -0.2) is 35.7 Å². The van der Waals surface area contributed by atoms with Crippen LogP contribution in [0.3, 0.4) is 0 Å². The molecule has 2 aliphatic rings. The van der Waals surface area contributed by atoms with E-state index >= 15 is 0 Å². The number of carbonyl (C=O) groups excluding carboxylic acids is 1. The number of nitrogens with one attached hydrogen (secondary N) is 1. The van der Waals surface area contributed by atoms with Gasteiger partial charge in [0.1, 0.15) is 5.84 Å². The lowest BCUT2D eigenvalue weighted by molar-refractivity contribution is 0.0957. The third kappa shape index (κ3) is 3.83. The summed E-state index contributed by atoms with van der Waals surface area (Å²) in [4.78, 5) is 14.8. The second-order valence-corrected chi connectivity index (χ2v) is 9.65. The van der Waals surface area contributed by atoms with Crippen LogP contribution in [0, 0.1) is 0 Å². The Hall–Kier alpha value is -2.59. The van der Waals surface area contributed by atoms with Crippen LogP contribution < -0.4 is 5.32 Å². The lowest BCUT2D eigenvalue weighted by Crippen LogP contribution is -2.28. The summed E-state index contributed by atoms with van der Waals surface area (Å²) in [5, 5.41) is 2.86. The van der Waals surface area contributed by atoms with Gasteiger partial charge < -0.3 is 10.2 Å². The van der Waals surface area contributed by atoms with E-state index in [-0.39, 0.29) is 36.7 Å². The SMILES string of the molecule is O=C(NCC1=CN2C=IN=C2C=C1)c1ccc(S(=O)(=O)c2ccccc2)cc1. The first-order chi connectivity index (χ1) is 13.5. The number of fused-ring (bicyclic) bond motifs is 1. The summed E-state index contributed by atoms with van der Waals surface area (Å²) in [5.41, 5.74) is 1.38. The Balaban J connectivity index is 1.43. The summed E-state index contributed by atoms with van der Waals surface area (Å²) in [6, 6.07) is 14.2. The fourth-order valence-corrected chi connectivity index (χ4v) is 5.55. The Morgan fingerprint density at radius 2 is 1.71 bits per heavy atom. The molecule has 0 bridgehead atoms. The Kier molecular flexibility index (Phi) is 5.23. The molecule has 28 heavy (non-hydrogen) atoms. The molecule has 2 aromatic carbocycles. The zero-order valence-corrected chi connectivity index (χ0v) is 17.6. The summed E-state index contributed by atoms with van der Waals surface area (Å²) in [7, 11) is -3.59. The van der Waals surface area contributed by atoms with Gasteiger partial charge in [-0.25, -0.2) is 11.6 Å². The maximum absolute atomic E-state index is 12.6. The third-order valence-corrected chi connectivity index (χ3v) is 7.64. The standard InChI is InChI=1S/C20H16IN3O3S/c25-20(22-12-15-6-11-19-23-21-14-24(19)13-15)16-7-9-18(10-8-16)28(26,27)17-4-2-1-3-5-17/h1-11,13-14H,12H2,(H,22,25). The molecule has 0 saturated heterocycles. The highest BCUT2D eigenvalue weighted by Gasteiger charge is 2.18. The molecular weight excluding hydrogens is 489 g/mol. The van der Waals surface area contributed by atoms with Crippen molar-refractivity contribution in [1.82, 2.24) is 10.2 Å². The Morgan fingerprint density at radius 3 is 2.46 bits per heavy atom. The lowest BCUT2D eigenvalue weighted by atomic mass is 10.1. The second-order valence-electron chi connectivity index (χ2n) is 6.11. The summed E-state index contributed by atoms with van der Waals surface area (Å²) in [6.45, 7) is 0.384. The molecule has 142 valence electrons. The van der Waals surface area contributed by atoms with Crippen molar-refractivity contribution < 1.29 is 13.2 Å². The van der Waals surface area contributed by atoms with Crippen LogP contribution in [0.15, 0.2) is 91.5 Å². The highest BCUT2D eigenvalue weighted by Crippen LogP contribution is 2.21. The molecule has 0 spiro atoms. The maximum Gasteiger partial charge on any atom is 0.251 e. The van der Waals surface area contributed by atoms with E-state index in [0.717, 1.165) is 11.4 Å². The summed E-state index contributed by atoms with van der Waals surface area (Å²) < 4.78 is 31.7. The summed E-state index contributed by atoms with van der Waals surface area (Å²) >= 11 is -0.263. The van der Waals surface area contributed by atoms with E-state index in [1.807, 2.05) is 23.3 Å². The molecule has 0 saturated carbocycles. The van der Waals surface area contributed by atoms with Crippen LogP contribution in [0.4, 0.5) is 0 Å². The smallest absolute Gasteiger partial charge is 0.251 e. The number of carbonyl (C=O) groups is 1. The van der Waals surface area contributed by atoms with Gasteiger partial charge >= 0.3 is 0 Å². The van der Waals surface area contributed by atoms with Crippen LogP contribution in [0.2, 0.25) is 0 Å². The number of rotatable bonds is 5. The fraction of sp³-hybridized carbons (Fsp3) is 0.0500. The Morgan fingerprint density at radius 1 is 1.00 bits per heavy atom. The predicted octanol–water partition coefficient (Wildman–Crippen LogP) is 3.06. The number of hydrogen-bond acceptors (Lipinski definition) is 5. The molecular formula is C20H16IN3O3S. The topological polar surface area (TPSA) is 78.8 Å². The average Bonchev–Trinajstić information content (AvgIpc) is 3.20. The van der Waals surface area contributed by atoms with Gasteiger partial charge in [-0.2, -0.15) is 0 Å². The van der Waals surface area contributed by atoms with Crippen LogP contribution in [-0.2, 0) is 9.84 Å². The van der Waals surface area contributed by atoms with Crippen molar-refractivity contribution >= 4 is 46.7 Å². The molecule has 0 unspecified atom stereocenters. The van der Waals surface area contributed by atoms with E-state index < -0.39 is 9.84 Å². The molecule has 0 aliphatic carbocycles. The summed E-state index contributed by atoms with van der Waals surface area (Å²) in [5.74, 6) is 0.688. The van der Waals surface area contributed by atoms with E-state index in [0.29, 0.717) is 12.1 Å². The molecule has 4 rings (SSSR count). The molecule has 2 aliphatic heterocycles. The van der Waals surface area contributed by atoms with Crippen molar-refractivity contribution in [2.45, 2.75) is 9.79 Å². The van der Waals surface area contributed by atoms with Crippen LogP contribution in [0.25, 0.3) is 0 Å². The average molecular weight is 505 g/mol. The molecule has 0 fully saturated rings. The molecule has 8 heteroatoms. The van der Waals surface area contributed by atoms with Crippen molar-refractivity contribution in [2.24, 2.45) is 3.21 Å². The minimum atomic E-state index is -3.59. The minimum absolute atomic E-state index is 0.160. The first-order valence-electron chi connectivity index (χ1n) is 8.44. The zero-order chi connectivity index (χ0) is 19.6. The van der Waals surface area contributed by atoms with E-state index in [2.05, 4.69) is 12.7 Å². The highest BCUT2D eigenvalue weighted by atomic mass is 127. The van der Waals surface area contributed by atoms with Crippen molar-refractivity contribution in [3.05, 3.63) is 84.1 Å². The maximum atomic E-state index is 12.6. The molecule has 0 aromatic heterocycles. The molecule has 1 N–H and O–H groups in total. The zero-order valence-electron chi connectivity index (χ0n) is 14.6. The van der Waals surface area contributed by atoms with Gasteiger partial charge in [-0.1, -0.05) is 24.3 Å². The van der Waals surface area contributed by atoms with Gasteiger partial charge in [-0.15, -0.1) is 0 Å². The quantitative estimate of drug-likeness (QED) is 0.634. The Bertz CT molecular complexity index is 1130. The van der Waals surface area contributed by atoms with Gasteiger partial charge in [0.2, 0.25) is 9.84 Å². The third-order valence-electron chi connectivity index (χ3n) is 4.23. The van der Waals surface area contributed by atoms with Crippen LogP contribution in [0.5, 0.6) is 0 Å². The molecule has 2 aromatic rings. The summed E-state index contributed by atoms with van der Waals surface area (Å²) in [6.07, 6.45) is 5.84. The molecule has 6 nitrogen and oxygen atoms in total. The van der Waals surface area contributed by atoms with E-state index in [1.54, 1.807) is 30.3 Å². The molecule has 1 amide bonds. The predicted molar refractivity (Wildman–Crippen MR) is 117 cm³/mol. The first kappa shape index (κ1) is 18.8. The van der Waals surface area contributed by atoms with Gasteiger partial charge in [-0.05, 0) is 48.0 Å². The number of nitrogens with zero attached hydrogens (tertiary/aromatic N) is 2. The number of amidine groups is 1. The van der Waals surface area contributed by atoms with E-state index in [9.17, 15) is 13.2 Å². The first-order valence-corrected chi connectivity index (χ1v) is 12.1. The van der Waals surface area contributed by atoms with Crippen LogP contribution in [0.1, 0.15) is 10.4 Å². The van der Waals surface area contributed by atoms with Crippen molar-refractivity contribution in [3.63, 3.8) is 0 Å². The van der Waals surface area contributed by atoms with Gasteiger partial charge in [0.25, 0.3) is 5.91 Å². The van der Waals surface area contributed by atoms with Crippen molar-refractivity contribution in [1.29, 1.82) is 0 Å². The van der Waals surface area contributed by atoms with E-state index in [1.165, 1.54) is 24.3 Å². The number of hydrogen-bond donors (Lipinski definition) is 1. The van der Waals surface area contributed by atoms with E-state index in [4.69, 9.17) is 0 Å². The number of halogens is 1.